The summed E-state index contributed by atoms with van der Waals surface area (Å²) in [7, 11) is -3.54. The molecular weight excluding hydrogens is 312 g/mol. The van der Waals surface area contributed by atoms with Gasteiger partial charge in [0.2, 0.25) is 15.6 Å². The van der Waals surface area contributed by atoms with Crippen LogP contribution in [0.4, 0.5) is 0 Å². The van der Waals surface area contributed by atoms with Crippen molar-refractivity contribution in [3.63, 3.8) is 0 Å². The molecule has 0 amide bonds. The zero-order valence-corrected chi connectivity index (χ0v) is 14.1. The second-order valence-corrected chi connectivity index (χ2v) is 7.91. The van der Waals surface area contributed by atoms with Crippen LogP contribution < -0.4 is 5.56 Å². The molecule has 1 saturated heterocycles. The maximum Gasteiger partial charge on any atom is 0.248 e. The van der Waals surface area contributed by atoms with E-state index in [0.717, 1.165) is 29.5 Å². The third-order valence-corrected chi connectivity index (χ3v) is 6.29. The van der Waals surface area contributed by atoms with Gasteiger partial charge in [-0.3, -0.25) is 4.79 Å². The Morgan fingerprint density at radius 1 is 1.17 bits per heavy atom. The van der Waals surface area contributed by atoms with Crippen LogP contribution in [0, 0.1) is 13.8 Å². The normalized spacial score (nSPS) is 19.1. The lowest BCUT2D eigenvalue weighted by Crippen LogP contribution is -2.31. The minimum Gasteiger partial charge on any atom is -0.329 e. The predicted octanol–water partition coefficient (Wildman–Crippen LogP) is 2.52. The average Bonchev–Trinajstić information content (AvgIpc) is 2.97. The molecule has 2 aromatic rings. The Labute approximate surface area is 136 Å². The fourth-order valence-corrected chi connectivity index (χ4v) is 4.80. The molecule has 1 fully saturated rings. The number of nitrogens with zero attached hydrogens (tertiary/aromatic N) is 1. The number of aromatic nitrogens is 1. The van der Waals surface area contributed by atoms with E-state index >= 15 is 0 Å². The van der Waals surface area contributed by atoms with E-state index in [9.17, 15) is 13.2 Å². The van der Waals surface area contributed by atoms with Gasteiger partial charge in [-0.1, -0.05) is 17.7 Å². The van der Waals surface area contributed by atoms with Crippen LogP contribution in [0.5, 0.6) is 0 Å². The first kappa shape index (κ1) is 16.0. The molecule has 3 rings (SSSR count). The summed E-state index contributed by atoms with van der Waals surface area (Å²) in [4.78, 5) is 14.4. The molecule has 2 heterocycles. The second-order valence-electron chi connectivity index (χ2n) is 6.02. The van der Waals surface area contributed by atoms with Gasteiger partial charge < -0.3 is 4.98 Å². The first-order chi connectivity index (χ1) is 10.9. The summed E-state index contributed by atoms with van der Waals surface area (Å²) in [5, 5.41) is 0. The van der Waals surface area contributed by atoms with E-state index in [-0.39, 0.29) is 11.6 Å². The van der Waals surface area contributed by atoms with Crippen molar-refractivity contribution in [1.82, 2.24) is 9.29 Å². The van der Waals surface area contributed by atoms with Crippen LogP contribution in [0.3, 0.4) is 0 Å². The number of aromatic amines is 1. The maximum absolute atomic E-state index is 13.0. The first-order valence-electron chi connectivity index (χ1n) is 7.67. The zero-order valence-electron chi connectivity index (χ0n) is 13.2. The second kappa shape index (κ2) is 5.94. The molecule has 0 saturated carbocycles. The van der Waals surface area contributed by atoms with Gasteiger partial charge in [0.05, 0.1) is 10.9 Å². The van der Waals surface area contributed by atoms with E-state index in [1.165, 1.54) is 6.07 Å². The van der Waals surface area contributed by atoms with Gasteiger partial charge >= 0.3 is 0 Å². The van der Waals surface area contributed by atoms with Gasteiger partial charge in [0.25, 0.3) is 0 Å². The van der Waals surface area contributed by atoms with Crippen molar-refractivity contribution in [2.75, 3.05) is 6.54 Å². The summed E-state index contributed by atoms with van der Waals surface area (Å²) in [6.07, 6.45) is 3.22. The van der Waals surface area contributed by atoms with Gasteiger partial charge in [-0.15, -0.1) is 0 Å². The third kappa shape index (κ3) is 2.96. The molecule has 122 valence electrons. The summed E-state index contributed by atoms with van der Waals surface area (Å²) in [6, 6.07) is 8.22. The number of pyridine rings is 1. The SMILES string of the molecule is Cc1ccc(S(=O)(=O)N2CCC[C@@H]2c2c[nH]c(=O)cc2C)cc1. The molecule has 1 aliphatic heterocycles. The highest BCUT2D eigenvalue weighted by molar-refractivity contribution is 7.89. The van der Waals surface area contributed by atoms with Crippen LogP contribution in [0.2, 0.25) is 0 Å². The highest BCUT2D eigenvalue weighted by Crippen LogP contribution is 2.37. The number of rotatable bonds is 3. The highest BCUT2D eigenvalue weighted by atomic mass is 32.2. The van der Waals surface area contributed by atoms with E-state index in [0.29, 0.717) is 11.4 Å². The summed E-state index contributed by atoms with van der Waals surface area (Å²) in [5.74, 6) is 0. The van der Waals surface area contributed by atoms with Gasteiger partial charge in [0.1, 0.15) is 0 Å². The van der Waals surface area contributed by atoms with Gasteiger partial charge in [-0.2, -0.15) is 4.31 Å². The standard InChI is InChI=1S/C17H20N2O3S/c1-12-5-7-14(8-6-12)23(21,22)19-9-3-4-16(19)15-11-18-17(20)10-13(15)2/h5-8,10-11,16H,3-4,9H2,1-2H3,(H,18,20)/t16-/m1/s1. The van der Waals surface area contributed by atoms with E-state index in [1.54, 1.807) is 22.6 Å². The molecule has 6 heteroatoms. The molecule has 1 aromatic carbocycles. The number of hydrogen-bond acceptors (Lipinski definition) is 3. The quantitative estimate of drug-likeness (QED) is 0.939. The molecule has 0 aliphatic carbocycles. The van der Waals surface area contributed by atoms with Crippen molar-refractivity contribution in [1.29, 1.82) is 0 Å². The lowest BCUT2D eigenvalue weighted by Gasteiger charge is -2.25. The smallest absolute Gasteiger partial charge is 0.248 e. The Morgan fingerprint density at radius 3 is 2.52 bits per heavy atom. The third-order valence-electron chi connectivity index (χ3n) is 4.36. The zero-order chi connectivity index (χ0) is 16.6. The van der Waals surface area contributed by atoms with E-state index in [1.807, 2.05) is 26.0 Å². The number of sulfonamides is 1. The van der Waals surface area contributed by atoms with Crippen LogP contribution >= 0.6 is 0 Å². The van der Waals surface area contributed by atoms with Crippen molar-refractivity contribution in [2.45, 2.75) is 37.6 Å². The fourth-order valence-electron chi connectivity index (χ4n) is 3.13. The molecule has 1 N–H and O–H groups in total. The molecule has 1 aromatic heterocycles. The number of H-pyrrole nitrogens is 1. The van der Waals surface area contributed by atoms with Crippen molar-refractivity contribution in [3.8, 4) is 0 Å². The number of hydrogen-bond donors (Lipinski definition) is 1. The Bertz CT molecular complexity index is 869. The van der Waals surface area contributed by atoms with Gasteiger partial charge in [0, 0.05) is 18.8 Å². The van der Waals surface area contributed by atoms with Crippen molar-refractivity contribution in [3.05, 3.63) is 63.6 Å². The van der Waals surface area contributed by atoms with Gasteiger partial charge in [-0.05, 0) is 49.9 Å². The van der Waals surface area contributed by atoms with Crippen LogP contribution in [-0.4, -0.2) is 24.3 Å². The molecule has 0 unspecified atom stereocenters. The minimum atomic E-state index is -3.54. The number of aryl methyl sites for hydroxylation is 2. The van der Waals surface area contributed by atoms with Gasteiger partial charge in [-0.25, -0.2) is 8.42 Å². The molecule has 0 spiro atoms. The minimum absolute atomic E-state index is 0.169. The molecular formula is C17H20N2O3S. The molecule has 1 aliphatic rings. The van der Waals surface area contributed by atoms with Crippen LogP contribution in [0.25, 0.3) is 0 Å². The van der Waals surface area contributed by atoms with Crippen molar-refractivity contribution < 1.29 is 8.42 Å². The number of benzene rings is 1. The highest BCUT2D eigenvalue weighted by Gasteiger charge is 2.36. The monoisotopic (exact) mass is 332 g/mol. The largest absolute Gasteiger partial charge is 0.329 e. The average molecular weight is 332 g/mol. The molecule has 0 bridgehead atoms. The van der Waals surface area contributed by atoms with Crippen molar-refractivity contribution in [2.24, 2.45) is 0 Å². The lowest BCUT2D eigenvalue weighted by molar-refractivity contribution is 0.395. The van der Waals surface area contributed by atoms with Gasteiger partial charge in [0.15, 0.2) is 0 Å². The summed E-state index contributed by atoms with van der Waals surface area (Å²) < 4.78 is 27.5. The molecule has 1 atom stereocenters. The van der Waals surface area contributed by atoms with Crippen molar-refractivity contribution >= 4 is 10.0 Å². The Balaban J connectivity index is 2.01. The molecule has 23 heavy (non-hydrogen) atoms. The lowest BCUT2D eigenvalue weighted by atomic mass is 10.0. The number of nitrogens with one attached hydrogen (secondary N) is 1. The van der Waals surface area contributed by atoms with Crippen LogP contribution in [-0.2, 0) is 10.0 Å². The maximum atomic E-state index is 13.0. The van der Waals surface area contributed by atoms with E-state index in [4.69, 9.17) is 0 Å². The summed E-state index contributed by atoms with van der Waals surface area (Å²) >= 11 is 0. The summed E-state index contributed by atoms with van der Waals surface area (Å²) in [5.41, 5.74) is 2.55. The van der Waals surface area contributed by atoms with Crippen LogP contribution in [0.15, 0.2) is 46.2 Å². The summed E-state index contributed by atoms with van der Waals surface area (Å²) in [6.45, 7) is 4.28. The fraction of sp³-hybridized carbons (Fsp3) is 0.353. The van der Waals surface area contributed by atoms with E-state index < -0.39 is 10.0 Å². The first-order valence-corrected chi connectivity index (χ1v) is 9.11. The molecule has 5 nitrogen and oxygen atoms in total. The Hall–Kier alpha value is -1.92. The predicted molar refractivity (Wildman–Crippen MR) is 88.8 cm³/mol. The Morgan fingerprint density at radius 2 is 1.87 bits per heavy atom. The molecule has 0 radical (unpaired) electrons. The van der Waals surface area contributed by atoms with E-state index in [2.05, 4.69) is 4.98 Å². The Kier molecular flexibility index (Phi) is 4.12. The van der Waals surface area contributed by atoms with Crippen LogP contribution in [0.1, 0.15) is 35.6 Å². The topological polar surface area (TPSA) is 70.2 Å².